The molecule has 6 rings (SSSR count). The van der Waals surface area contributed by atoms with Crippen LogP contribution >= 0.6 is 23.5 Å². The molecule has 30 heteroatoms. The zero-order valence-corrected chi connectivity index (χ0v) is 29.2. The summed E-state index contributed by atoms with van der Waals surface area (Å²) >= 11 is 0. The quantitative estimate of drug-likeness (QED) is 0.0465. The summed E-state index contributed by atoms with van der Waals surface area (Å²) in [5.41, 5.74) is 5.44. The fourth-order valence-corrected chi connectivity index (χ4v) is 9.05. The Balaban J connectivity index is 1.04. The van der Waals surface area contributed by atoms with E-state index >= 15 is 0 Å². The molecule has 0 radical (unpaired) electrons. The van der Waals surface area contributed by atoms with E-state index < -0.39 is 91.3 Å². The molecule has 0 bridgehead atoms. The number of hydrogen-bond donors (Lipinski definition) is 10. The first kappa shape index (κ1) is 38.4. The Morgan fingerprint density at radius 3 is 2.00 bits per heavy atom. The zero-order valence-electron chi connectivity index (χ0n) is 26.5. The highest BCUT2D eigenvalue weighted by Crippen LogP contribution is 2.67. The number of anilines is 2. The molecule has 0 aromatic carbocycles. The van der Waals surface area contributed by atoms with Gasteiger partial charge < -0.3 is 55.6 Å². The number of aromatic nitrogens is 8. The second-order valence-corrected chi connectivity index (χ2v) is 15.9. The second kappa shape index (κ2) is 14.1. The number of nitrogen functional groups attached to an aromatic ring is 1. The van der Waals surface area contributed by atoms with Gasteiger partial charge in [0, 0.05) is 7.05 Å². The molecule has 0 saturated carbocycles. The predicted octanol–water partition coefficient (Wildman–Crippen LogP) is -3.38. The van der Waals surface area contributed by atoms with E-state index in [0.717, 1.165) is 4.57 Å². The van der Waals surface area contributed by atoms with E-state index in [1.807, 2.05) is 0 Å². The number of fused-ring (bicyclic) bond motifs is 2. The van der Waals surface area contributed by atoms with Crippen LogP contribution in [0.3, 0.4) is 0 Å². The normalized spacial score (nSPS) is 30.0. The minimum absolute atomic E-state index is 0.0205. The smallest absolute Gasteiger partial charge is 0.387 e. The molecular weight excluding hydrogens is 769 g/mol. The summed E-state index contributed by atoms with van der Waals surface area (Å²) in [5.74, 6) is 0.0770. The van der Waals surface area contributed by atoms with Gasteiger partial charge in [0.05, 0.1) is 26.6 Å². The molecule has 2 aliphatic rings. The van der Waals surface area contributed by atoms with Crippen molar-refractivity contribution >= 4 is 57.6 Å². The highest BCUT2D eigenvalue weighted by molar-refractivity contribution is 7.66. The van der Waals surface area contributed by atoms with Crippen LogP contribution in [0.5, 0.6) is 0 Å². The third-order valence-electron chi connectivity index (χ3n) is 7.82. The first-order valence-corrected chi connectivity index (χ1v) is 19.1. The zero-order chi connectivity index (χ0) is 37.9. The number of aliphatic hydroxyl groups excluding tert-OH is 4. The lowest BCUT2D eigenvalue weighted by molar-refractivity contribution is -0.646. The number of nitrogens with zero attached hydrogens (tertiary/aromatic N) is 7. The Bertz CT molecular complexity index is 2180. The molecule has 2 saturated heterocycles. The Hall–Kier alpha value is -3.33. The van der Waals surface area contributed by atoms with Gasteiger partial charge in [0.1, 0.15) is 48.5 Å². The molecule has 6 heterocycles. The van der Waals surface area contributed by atoms with E-state index in [-0.39, 0.29) is 22.8 Å². The van der Waals surface area contributed by atoms with Crippen molar-refractivity contribution in [1.29, 1.82) is 0 Å². The van der Waals surface area contributed by atoms with Gasteiger partial charge in [-0.25, -0.2) is 33.2 Å². The number of nitrogens with one attached hydrogen (secondary N) is 2. The lowest BCUT2D eigenvalue weighted by Crippen LogP contribution is -2.34. The van der Waals surface area contributed by atoms with Gasteiger partial charge in [0.2, 0.25) is 18.5 Å². The van der Waals surface area contributed by atoms with Crippen LogP contribution in [0.4, 0.5) is 11.8 Å². The molecule has 286 valence electrons. The van der Waals surface area contributed by atoms with Crippen LogP contribution in [0.25, 0.3) is 22.3 Å². The molecule has 0 aliphatic carbocycles. The average Bonchev–Trinajstić information content (AvgIpc) is 3.77. The molecule has 4 aromatic rings. The molecule has 11 atom stereocenters. The number of hydrogen-bond acceptors (Lipinski definition) is 20. The number of H-pyrrole nitrogens is 1. The summed E-state index contributed by atoms with van der Waals surface area (Å²) in [5, 5.41) is 45.0. The number of phosphoric acid groups is 3. The maximum absolute atomic E-state index is 12.5. The standard InChI is InChI=1S/C22H31N10O17P3/c1-24-16-10-17(26-5-25-16)31(6-27-10)20-14(35)12(33)8(46-20)3-44-50(38,39)48-52(42,43)49-51(40,41)45-4-9-13(34)15(36)21(47-9)32-7-30(2)11-18(32)28-22(23)29-19(11)37/h5-9,12-15,20-21,33-36H,3-4H2,1-2H3,(H6-,23,24,25,26,28,29,37,38,39,40,41,42,43)/p+1/t8-,9+,12?,13?,14+,15-,20-,21+/m1/s1. The summed E-state index contributed by atoms with van der Waals surface area (Å²) in [4.78, 5) is 60.9. The van der Waals surface area contributed by atoms with Crippen LogP contribution in [0.15, 0.2) is 23.8 Å². The predicted molar refractivity (Wildman–Crippen MR) is 166 cm³/mol. The van der Waals surface area contributed by atoms with Crippen molar-refractivity contribution in [3.8, 4) is 0 Å². The summed E-state index contributed by atoms with van der Waals surface area (Å²) in [6, 6.07) is 0. The third-order valence-corrected chi connectivity index (χ3v) is 12.1. The first-order chi connectivity index (χ1) is 24.3. The van der Waals surface area contributed by atoms with Gasteiger partial charge in [-0.1, -0.05) is 0 Å². The Labute approximate surface area is 289 Å². The highest BCUT2D eigenvalue weighted by Gasteiger charge is 2.50. The summed E-state index contributed by atoms with van der Waals surface area (Å²) in [7, 11) is -14.2. The van der Waals surface area contributed by atoms with Gasteiger partial charge in [0.25, 0.3) is 11.2 Å². The van der Waals surface area contributed by atoms with Gasteiger partial charge >= 0.3 is 29.0 Å². The fraction of sp³-hybridized carbons (Fsp3) is 0.545. The number of rotatable bonds is 13. The average molecular weight is 801 g/mol. The highest BCUT2D eigenvalue weighted by atomic mass is 31.3. The van der Waals surface area contributed by atoms with Crippen molar-refractivity contribution in [2.45, 2.75) is 49.1 Å². The maximum atomic E-state index is 12.5. The van der Waals surface area contributed by atoms with Gasteiger partial charge in [-0.05, 0) is 0 Å². The van der Waals surface area contributed by atoms with Gasteiger partial charge in [-0.15, -0.1) is 0 Å². The van der Waals surface area contributed by atoms with Crippen molar-refractivity contribution < 1.29 is 80.5 Å². The molecule has 2 aliphatic heterocycles. The minimum Gasteiger partial charge on any atom is -0.387 e. The lowest BCUT2D eigenvalue weighted by atomic mass is 10.1. The molecule has 0 spiro atoms. The summed E-state index contributed by atoms with van der Waals surface area (Å²) in [6.45, 7) is -2.09. The monoisotopic (exact) mass is 801 g/mol. The SMILES string of the molecule is CNc1ncnc2c1ncn2[C@@H]1O[C@H](COP(=O)(O)OP(=O)(O)OP(=O)(O)OC[C@@H]2O[C@H](n3c[n+](C)c4c(=O)[nH]c(N)nc43)[C@H](O)C2O)C(O)[C@@H]1O. The molecule has 5 unspecified atom stereocenters. The van der Waals surface area contributed by atoms with Crippen molar-refractivity contribution in [3.05, 3.63) is 29.3 Å². The van der Waals surface area contributed by atoms with Crippen LogP contribution < -0.4 is 21.2 Å². The van der Waals surface area contributed by atoms with Gasteiger partial charge in [-0.3, -0.25) is 23.4 Å². The number of phosphoric ester groups is 2. The Morgan fingerprint density at radius 1 is 0.885 bits per heavy atom. The number of ether oxygens (including phenoxy) is 2. The van der Waals surface area contributed by atoms with Crippen LogP contribution in [0.1, 0.15) is 12.5 Å². The molecule has 0 amide bonds. The van der Waals surface area contributed by atoms with E-state index in [2.05, 4.69) is 47.9 Å². The van der Waals surface area contributed by atoms with Crippen LogP contribution in [0, 0.1) is 0 Å². The van der Waals surface area contributed by atoms with Crippen LogP contribution in [0.2, 0.25) is 0 Å². The number of aromatic amines is 1. The van der Waals surface area contributed by atoms with Gasteiger partial charge in [0.15, 0.2) is 17.7 Å². The van der Waals surface area contributed by atoms with E-state index in [4.69, 9.17) is 15.2 Å². The molecule has 11 N–H and O–H groups in total. The number of aliphatic hydroxyl groups is 4. The summed E-state index contributed by atoms with van der Waals surface area (Å²) in [6.07, 6.45) is -9.07. The largest absolute Gasteiger partial charge is 0.490 e. The van der Waals surface area contributed by atoms with Crippen molar-refractivity contribution in [1.82, 2.24) is 34.1 Å². The Morgan fingerprint density at radius 2 is 1.44 bits per heavy atom. The summed E-state index contributed by atoms with van der Waals surface area (Å²) < 4.78 is 69.7. The van der Waals surface area contributed by atoms with Gasteiger partial charge in [-0.2, -0.15) is 18.2 Å². The number of nitrogens with two attached hydrogens (primary N) is 1. The van der Waals surface area contributed by atoms with E-state index in [1.165, 1.54) is 35.2 Å². The Kier molecular flexibility index (Phi) is 10.4. The third kappa shape index (κ3) is 7.53. The molecule has 2 fully saturated rings. The van der Waals surface area contributed by atoms with E-state index in [1.54, 1.807) is 7.05 Å². The topological polar surface area (TPSA) is 384 Å². The van der Waals surface area contributed by atoms with Crippen molar-refractivity contribution in [2.75, 3.05) is 31.3 Å². The molecule has 4 aromatic heterocycles. The fourth-order valence-electron chi connectivity index (χ4n) is 5.53. The number of imidazole rings is 2. The minimum atomic E-state index is -5.97. The second-order valence-electron chi connectivity index (χ2n) is 11.3. The first-order valence-electron chi connectivity index (χ1n) is 14.7. The van der Waals surface area contributed by atoms with Crippen LogP contribution in [-0.4, -0.2) is 126 Å². The van der Waals surface area contributed by atoms with E-state index in [0.29, 0.717) is 11.3 Å². The van der Waals surface area contributed by atoms with Crippen molar-refractivity contribution in [2.24, 2.45) is 7.05 Å². The molecule has 52 heavy (non-hydrogen) atoms. The molecular formula is C22H32N10O17P3+. The lowest BCUT2D eigenvalue weighted by Gasteiger charge is -2.21. The molecule has 27 nitrogen and oxygen atoms in total. The van der Waals surface area contributed by atoms with Crippen molar-refractivity contribution in [3.63, 3.8) is 0 Å². The van der Waals surface area contributed by atoms with Crippen LogP contribution in [-0.2, 0) is 47.9 Å². The number of aryl methyl sites for hydroxylation is 1. The maximum Gasteiger partial charge on any atom is 0.490 e. The van der Waals surface area contributed by atoms with E-state index in [9.17, 15) is 53.6 Å².